The summed E-state index contributed by atoms with van der Waals surface area (Å²) in [6, 6.07) is 0. The second-order valence-corrected chi connectivity index (χ2v) is 7.28. The zero-order valence-electron chi connectivity index (χ0n) is 10.3. The van der Waals surface area contributed by atoms with Crippen molar-refractivity contribution in [3.63, 3.8) is 0 Å². The van der Waals surface area contributed by atoms with Gasteiger partial charge in [-0.1, -0.05) is 27.2 Å². The Labute approximate surface area is 94.4 Å². The zero-order chi connectivity index (χ0) is 11.9. The molecule has 0 aromatic rings. The van der Waals surface area contributed by atoms with Gasteiger partial charge in [-0.05, 0) is 31.2 Å². The Kier molecular flexibility index (Phi) is 6.44. The van der Waals surface area contributed by atoms with Crippen LogP contribution in [0.15, 0.2) is 0 Å². The molecule has 0 saturated carbocycles. The van der Waals surface area contributed by atoms with Crippen LogP contribution in [-0.4, -0.2) is 26.5 Å². The Balaban J connectivity index is 3.85. The Morgan fingerprint density at radius 2 is 1.67 bits per heavy atom. The molecule has 0 aromatic carbocycles. The maximum Gasteiger partial charge on any atom is 0.150 e. The number of unbranched alkanes of at least 4 members (excludes halogenated alkanes) is 1. The third kappa shape index (κ3) is 7.79. The summed E-state index contributed by atoms with van der Waals surface area (Å²) in [5.41, 5.74) is 5.66. The minimum Gasteiger partial charge on any atom is -0.330 e. The van der Waals surface area contributed by atoms with Crippen molar-refractivity contribution >= 4 is 9.84 Å². The van der Waals surface area contributed by atoms with Gasteiger partial charge in [0.25, 0.3) is 0 Å². The Morgan fingerprint density at radius 1 is 1.13 bits per heavy atom. The minimum absolute atomic E-state index is 0.0697. The van der Waals surface area contributed by atoms with Gasteiger partial charge in [0.2, 0.25) is 0 Å². The van der Waals surface area contributed by atoms with E-state index in [-0.39, 0.29) is 5.41 Å². The summed E-state index contributed by atoms with van der Waals surface area (Å²) < 4.78 is 23.1. The molecule has 0 aromatic heterocycles. The van der Waals surface area contributed by atoms with Gasteiger partial charge in [0.05, 0.1) is 11.5 Å². The fourth-order valence-electron chi connectivity index (χ4n) is 1.34. The van der Waals surface area contributed by atoms with E-state index < -0.39 is 9.84 Å². The molecular weight excluding hydrogens is 210 g/mol. The average molecular weight is 235 g/mol. The lowest BCUT2D eigenvalue weighted by molar-refractivity contribution is 0.344. The maximum atomic E-state index is 11.5. The first-order valence-electron chi connectivity index (χ1n) is 5.73. The van der Waals surface area contributed by atoms with Crippen LogP contribution in [0.1, 0.15) is 46.5 Å². The lowest BCUT2D eigenvalue weighted by Crippen LogP contribution is -2.24. The van der Waals surface area contributed by atoms with Crippen LogP contribution in [0.25, 0.3) is 0 Å². The SMILES string of the molecule is CCCCS(=O)(=O)CCCC(C)(C)CN. The van der Waals surface area contributed by atoms with Crippen molar-refractivity contribution in [1.29, 1.82) is 0 Å². The molecule has 0 fully saturated rings. The van der Waals surface area contributed by atoms with Crippen molar-refractivity contribution in [2.45, 2.75) is 46.5 Å². The van der Waals surface area contributed by atoms with Crippen LogP contribution in [0.4, 0.5) is 0 Å². The first-order valence-corrected chi connectivity index (χ1v) is 7.55. The van der Waals surface area contributed by atoms with Crippen LogP contribution in [0.5, 0.6) is 0 Å². The van der Waals surface area contributed by atoms with E-state index in [0.29, 0.717) is 18.1 Å². The lowest BCUT2D eigenvalue weighted by Gasteiger charge is -2.21. The number of nitrogens with two attached hydrogens (primary N) is 1. The standard InChI is InChI=1S/C11H25NO2S/c1-4-5-8-15(13,14)9-6-7-11(2,3)10-12/h4-10,12H2,1-3H3. The molecule has 15 heavy (non-hydrogen) atoms. The molecule has 0 heterocycles. The van der Waals surface area contributed by atoms with Crippen LogP contribution in [0, 0.1) is 5.41 Å². The fraction of sp³-hybridized carbons (Fsp3) is 1.00. The molecule has 0 aliphatic carbocycles. The molecule has 0 bridgehead atoms. The Morgan fingerprint density at radius 3 is 2.13 bits per heavy atom. The summed E-state index contributed by atoms with van der Waals surface area (Å²) in [6.07, 6.45) is 3.33. The monoisotopic (exact) mass is 235 g/mol. The summed E-state index contributed by atoms with van der Waals surface area (Å²) in [5.74, 6) is 0.656. The lowest BCUT2D eigenvalue weighted by atomic mass is 9.88. The maximum absolute atomic E-state index is 11.5. The molecule has 0 unspecified atom stereocenters. The Bertz CT molecular complexity index is 258. The normalized spacial score (nSPS) is 13.1. The molecule has 4 heteroatoms. The summed E-state index contributed by atoms with van der Waals surface area (Å²) in [7, 11) is -2.82. The summed E-state index contributed by atoms with van der Waals surface area (Å²) in [4.78, 5) is 0. The second-order valence-electron chi connectivity index (χ2n) is 4.98. The van der Waals surface area contributed by atoms with E-state index in [1.165, 1.54) is 0 Å². The van der Waals surface area contributed by atoms with E-state index in [4.69, 9.17) is 5.73 Å². The van der Waals surface area contributed by atoms with Gasteiger partial charge in [-0.25, -0.2) is 8.42 Å². The highest BCUT2D eigenvalue weighted by Crippen LogP contribution is 2.20. The zero-order valence-corrected chi connectivity index (χ0v) is 11.1. The molecule has 0 radical (unpaired) electrons. The van der Waals surface area contributed by atoms with Crippen LogP contribution in [0.2, 0.25) is 0 Å². The third-order valence-electron chi connectivity index (χ3n) is 2.67. The van der Waals surface area contributed by atoms with Gasteiger partial charge in [-0.15, -0.1) is 0 Å². The van der Waals surface area contributed by atoms with Gasteiger partial charge in [0, 0.05) is 0 Å². The van der Waals surface area contributed by atoms with Crippen molar-refractivity contribution in [3.05, 3.63) is 0 Å². The molecule has 0 aliphatic rings. The van der Waals surface area contributed by atoms with Crippen molar-refractivity contribution in [2.75, 3.05) is 18.1 Å². The number of sulfone groups is 1. The van der Waals surface area contributed by atoms with Gasteiger partial charge in [0.15, 0.2) is 0 Å². The van der Waals surface area contributed by atoms with Crippen molar-refractivity contribution in [3.8, 4) is 0 Å². The highest BCUT2D eigenvalue weighted by atomic mass is 32.2. The van der Waals surface area contributed by atoms with Gasteiger partial charge < -0.3 is 5.73 Å². The van der Waals surface area contributed by atoms with Crippen LogP contribution in [-0.2, 0) is 9.84 Å². The predicted molar refractivity (Wildman–Crippen MR) is 65.6 cm³/mol. The second kappa shape index (κ2) is 6.48. The van der Waals surface area contributed by atoms with Gasteiger partial charge in [-0.3, -0.25) is 0 Å². The summed E-state index contributed by atoms with van der Waals surface area (Å²) in [6.45, 7) is 6.77. The molecule has 92 valence electrons. The average Bonchev–Trinajstić information content (AvgIpc) is 2.14. The van der Waals surface area contributed by atoms with Crippen LogP contribution in [0.3, 0.4) is 0 Å². The first-order chi connectivity index (χ1) is 6.83. The quantitative estimate of drug-likeness (QED) is 0.699. The van der Waals surface area contributed by atoms with Crippen molar-refractivity contribution in [1.82, 2.24) is 0 Å². The minimum atomic E-state index is -2.82. The van der Waals surface area contributed by atoms with Crippen LogP contribution >= 0.6 is 0 Å². The third-order valence-corrected chi connectivity index (χ3v) is 4.49. The molecule has 0 amide bonds. The largest absolute Gasteiger partial charge is 0.330 e. The Hall–Kier alpha value is -0.0900. The van der Waals surface area contributed by atoms with E-state index in [2.05, 4.69) is 13.8 Å². The number of hydrogen-bond donors (Lipinski definition) is 1. The molecule has 3 nitrogen and oxygen atoms in total. The molecular formula is C11H25NO2S. The first kappa shape index (κ1) is 14.9. The number of hydrogen-bond acceptors (Lipinski definition) is 3. The van der Waals surface area contributed by atoms with Gasteiger partial charge in [-0.2, -0.15) is 0 Å². The molecule has 0 rings (SSSR count). The van der Waals surface area contributed by atoms with E-state index in [0.717, 1.165) is 25.7 Å². The van der Waals surface area contributed by atoms with Crippen molar-refractivity contribution in [2.24, 2.45) is 11.1 Å². The van der Waals surface area contributed by atoms with Gasteiger partial charge in [0.1, 0.15) is 9.84 Å². The number of rotatable bonds is 8. The molecule has 0 spiro atoms. The van der Waals surface area contributed by atoms with Gasteiger partial charge >= 0.3 is 0 Å². The summed E-state index contributed by atoms with van der Waals surface area (Å²) >= 11 is 0. The van der Waals surface area contributed by atoms with Crippen molar-refractivity contribution < 1.29 is 8.42 Å². The fourth-order valence-corrected chi connectivity index (χ4v) is 2.86. The molecule has 2 N–H and O–H groups in total. The molecule has 0 aliphatic heterocycles. The smallest absolute Gasteiger partial charge is 0.150 e. The van der Waals surface area contributed by atoms with E-state index in [9.17, 15) is 8.42 Å². The van der Waals surface area contributed by atoms with E-state index in [1.807, 2.05) is 6.92 Å². The van der Waals surface area contributed by atoms with Crippen LogP contribution < -0.4 is 5.73 Å². The predicted octanol–water partition coefficient (Wildman–Crippen LogP) is 1.97. The highest BCUT2D eigenvalue weighted by Gasteiger charge is 2.17. The van der Waals surface area contributed by atoms with E-state index >= 15 is 0 Å². The van der Waals surface area contributed by atoms with E-state index in [1.54, 1.807) is 0 Å². The topological polar surface area (TPSA) is 60.2 Å². The highest BCUT2D eigenvalue weighted by molar-refractivity contribution is 7.91. The molecule has 0 saturated heterocycles. The molecule has 0 atom stereocenters. The summed E-state index contributed by atoms with van der Waals surface area (Å²) in [5, 5.41) is 0.